The molecule has 20 heavy (non-hydrogen) atoms. The quantitative estimate of drug-likeness (QED) is 0.746. The average molecular weight is 288 g/mol. The Balaban J connectivity index is 2.35. The van der Waals surface area contributed by atoms with Gasteiger partial charge in [0.05, 0.1) is 15.9 Å². The third kappa shape index (κ3) is 1.68. The fourth-order valence-corrected chi connectivity index (χ4v) is 3.39. The Kier molecular flexibility index (Phi) is 2.72. The van der Waals surface area contributed by atoms with Gasteiger partial charge in [-0.1, -0.05) is 11.3 Å². The first-order valence-corrected chi connectivity index (χ1v) is 7.11. The zero-order valence-electron chi connectivity index (χ0n) is 11.9. The second kappa shape index (κ2) is 4.21. The van der Waals surface area contributed by atoms with Crippen molar-refractivity contribution in [3.63, 3.8) is 0 Å². The number of aromatic nitrogens is 3. The van der Waals surface area contributed by atoms with E-state index in [9.17, 15) is 4.79 Å². The van der Waals surface area contributed by atoms with Crippen LogP contribution < -0.4 is 10.6 Å². The number of nitrogens with two attached hydrogens (primary N) is 1. The summed E-state index contributed by atoms with van der Waals surface area (Å²) < 4.78 is 4.35. The third-order valence-corrected chi connectivity index (χ3v) is 4.73. The van der Waals surface area contributed by atoms with Gasteiger partial charge < -0.3 is 10.3 Å². The van der Waals surface area contributed by atoms with E-state index in [0.717, 1.165) is 32.6 Å². The van der Waals surface area contributed by atoms with Crippen molar-refractivity contribution in [1.82, 2.24) is 14.3 Å². The molecule has 0 aliphatic rings. The molecule has 0 amide bonds. The maximum atomic E-state index is 11.8. The fraction of sp³-hybridized carbons (Fsp3) is 0.286. The van der Waals surface area contributed by atoms with E-state index in [2.05, 4.69) is 5.10 Å². The number of hydrogen-bond donors (Lipinski definition) is 1. The Morgan fingerprint density at radius 2 is 1.95 bits per heavy atom. The number of nitrogens with zero attached hydrogens (tertiary/aromatic N) is 3. The number of hydrogen-bond acceptors (Lipinski definition) is 4. The van der Waals surface area contributed by atoms with Crippen molar-refractivity contribution in [2.45, 2.75) is 13.8 Å². The lowest BCUT2D eigenvalue weighted by Gasteiger charge is -2.05. The highest BCUT2D eigenvalue weighted by atomic mass is 32.1. The van der Waals surface area contributed by atoms with Gasteiger partial charge in [0.2, 0.25) is 0 Å². The van der Waals surface area contributed by atoms with Crippen molar-refractivity contribution in [3.05, 3.63) is 32.9 Å². The molecule has 0 bridgehead atoms. The van der Waals surface area contributed by atoms with Crippen LogP contribution in [0.25, 0.3) is 21.5 Å². The Bertz CT molecular complexity index is 885. The van der Waals surface area contributed by atoms with E-state index in [1.165, 1.54) is 11.3 Å². The number of anilines is 1. The van der Waals surface area contributed by atoms with Crippen LogP contribution in [-0.4, -0.2) is 14.3 Å². The summed E-state index contributed by atoms with van der Waals surface area (Å²) in [6.45, 7) is 4.00. The number of rotatable bonds is 1. The summed E-state index contributed by atoms with van der Waals surface area (Å²) >= 11 is 1.27. The van der Waals surface area contributed by atoms with E-state index in [1.807, 2.05) is 33.0 Å². The van der Waals surface area contributed by atoms with Crippen molar-refractivity contribution in [2.75, 3.05) is 5.73 Å². The zero-order valence-corrected chi connectivity index (χ0v) is 12.7. The first-order chi connectivity index (χ1) is 9.40. The van der Waals surface area contributed by atoms with Crippen LogP contribution >= 0.6 is 11.3 Å². The van der Waals surface area contributed by atoms with E-state index in [1.54, 1.807) is 16.3 Å². The molecular formula is C14H16N4OS. The van der Waals surface area contributed by atoms with Crippen LogP contribution in [-0.2, 0) is 14.1 Å². The topological polar surface area (TPSA) is 65.8 Å². The van der Waals surface area contributed by atoms with Gasteiger partial charge in [-0.2, -0.15) is 5.10 Å². The predicted octanol–water partition coefficient (Wildman–Crippen LogP) is 2.20. The second-order valence-electron chi connectivity index (χ2n) is 5.04. The molecule has 2 aromatic heterocycles. The molecule has 3 aromatic rings. The van der Waals surface area contributed by atoms with E-state index in [-0.39, 0.29) is 4.87 Å². The molecule has 2 heterocycles. The summed E-state index contributed by atoms with van der Waals surface area (Å²) in [6, 6.07) is 4.07. The molecule has 0 fully saturated rings. The van der Waals surface area contributed by atoms with Gasteiger partial charge in [-0.15, -0.1) is 0 Å². The average Bonchev–Trinajstić information content (AvgIpc) is 2.81. The normalized spacial score (nSPS) is 11.4. The van der Waals surface area contributed by atoms with E-state index < -0.39 is 0 Å². The summed E-state index contributed by atoms with van der Waals surface area (Å²) in [5, 5.41) is 4.49. The number of nitrogen functional groups attached to an aromatic ring is 1. The SMILES string of the molecule is Cc1cc2sc(=O)n(C)c2cc1-c1nn(C)c(N)c1C. The Hall–Kier alpha value is -2.08. The smallest absolute Gasteiger partial charge is 0.307 e. The maximum absolute atomic E-state index is 11.8. The lowest BCUT2D eigenvalue weighted by molar-refractivity contribution is 0.782. The van der Waals surface area contributed by atoms with Gasteiger partial charge in [0.15, 0.2) is 0 Å². The molecule has 0 aliphatic heterocycles. The first kappa shape index (κ1) is 12.9. The monoisotopic (exact) mass is 288 g/mol. The van der Waals surface area contributed by atoms with Crippen molar-refractivity contribution < 1.29 is 0 Å². The van der Waals surface area contributed by atoms with Crippen molar-refractivity contribution in [3.8, 4) is 11.3 Å². The lowest BCUT2D eigenvalue weighted by atomic mass is 10.0. The Morgan fingerprint density at radius 3 is 2.55 bits per heavy atom. The number of benzene rings is 1. The molecule has 2 N–H and O–H groups in total. The van der Waals surface area contributed by atoms with Crippen LogP contribution in [0.5, 0.6) is 0 Å². The molecule has 0 saturated heterocycles. The van der Waals surface area contributed by atoms with Crippen molar-refractivity contribution in [1.29, 1.82) is 0 Å². The second-order valence-corrected chi connectivity index (χ2v) is 6.04. The predicted molar refractivity (Wildman–Crippen MR) is 83.2 cm³/mol. The molecule has 0 spiro atoms. The van der Waals surface area contributed by atoms with Gasteiger partial charge in [0.1, 0.15) is 5.82 Å². The number of fused-ring (bicyclic) bond motifs is 1. The van der Waals surface area contributed by atoms with Crippen molar-refractivity contribution in [2.24, 2.45) is 14.1 Å². The Morgan fingerprint density at radius 1 is 1.25 bits per heavy atom. The summed E-state index contributed by atoms with van der Waals surface area (Å²) in [5.74, 6) is 0.665. The van der Waals surface area contributed by atoms with Gasteiger partial charge in [0, 0.05) is 25.2 Å². The molecule has 5 nitrogen and oxygen atoms in total. The van der Waals surface area contributed by atoms with E-state index >= 15 is 0 Å². The van der Waals surface area contributed by atoms with Gasteiger partial charge in [-0.05, 0) is 31.5 Å². The van der Waals surface area contributed by atoms with Crippen LogP contribution in [0.2, 0.25) is 0 Å². The summed E-state index contributed by atoms with van der Waals surface area (Å²) in [4.78, 5) is 11.8. The number of aryl methyl sites for hydroxylation is 3. The molecule has 0 aliphatic carbocycles. The van der Waals surface area contributed by atoms with Crippen LogP contribution in [0.15, 0.2) is 16.9 Å². The van der Waals surface area contributed by atoms with Crippen LogP contribution in [0.1, 0.15) is 11.1 Å². The molecule has 0 atom stereocenters. The van der Waals surface area contributed by atoms with Gasteiger partial charge in [0.25, 0.3) is 0 Å². The molecule has 6 heteroatoms. The summed E-state index contributed by atoms with van der Waals surface area (Å²) in [6.07, 6.45) is 0. The largest absolute Gasteiger partial charge is 0.384 e. The van der Waals surface area contributed by atoms with Gasteiger partial charge in [-0.25, -0.2) is 0 Å². The minimum absolute atomic E-state index is 0.0498. The summed E-state index contributed by atoms with van der Waals surface area (Å²) in [7, 11) is 3.62. The molecule has 0 saturated carbocycles. The molecule has 1 aromatic carbocycles. The highest BCUT2D eigenvalue weighted by Crippen LogP contribution is 2.32. The number of thiazole rings is 1. The molecular weight excluding hydrogens is 272 g/mol. The highest BCUT2D eigenvalue weighted by Gasteiger charge is 2.16. The highest BCUT2D eigenvalue weighted by molar-refractivity contribution is 7.16. The minimum atomic E-state index is 0.0498. The lowest BCUT2D eigenvalue weighted by Crippen LogP contribution is -2.06. The molecule has 0 unspecified atom stereocenters. The standard InChI is InChI=1S/C14H16N4OS/c1-7-5-11-10(17(3)14(19)20-11)6-9(7)12-8(2)13(15)18(4)16-12/h5-6H,15H2,1-4H3. The molecule has 0 radical (unpaired) electrons. The molecule has 3 rings (SSSR count). The zero-order chi connectivity index (χ0) is 14.6. The van der Waals surface area contributed by atoms with E-state index in [4.69, 9.17) is 5.73 Å². The van der Waals surface area contributed by atoms with Crippen LogP contribution in [0.3, 0.4) is 0 Å². The summed E-state index contributed by atoms with van der Waals surface area (Å²) in [5.41, 5.74) is 10.9. The van der Waals surface area contributed by atoms with Gasteiger partial charge >= 0.3 is 4.87 Å². The van der Waals surface area contributed by atoms with Crippen LogP contribution in [0.4, 0.5) is 5.82 Å². The van der Waals surface area contributed by atoms with Gasteiger partial charge in [-0.3, -0.25) is 9.48 Å². The minimum Gasteiger partial charge on any atom is -0.384 e. The third-order valence-electron chi connectivity index (χ3n) is 3.73. The Labute approximate surface area is 120 Å². The van der Waals surface area contributed by atoms with Crippen molar-refractivity contribution >= 4 is 27.4 Å². The first-order valence-electron chi connectivity index (χ1n) is 6.29. The fourth-order valence-electron chi connectivity index (χ4n) is 2.43. The maximum Gasteiger partial charge on any atom is 0.307 e. The van der Waals surface area contributed by atoms with E-state index in [0.29, 0.717) is 5.82 Å². The van der Waals surface area contributed by atoms with Crippen LogP contribution in [0, 0.1) is 13.8 Å². The molecule has 104 valence electrons.